The van der Waals surface area contributed by atoms with E-state index in [1.54, 1.807) is 6.21 Å². The molecule has 0 fully saturated rings. The van der Waals surface area contributed by atoms with Crippen molar-refractivity contribution in [2.75, 3.05) is 0 Å². The van der Waals surface area contributed by atoms with Gasteiger partial charge in [0.25, 0.3) is 5.91 Å². The van der Waals surface area contributed by atoms with Crippen LogP contribution < -0.4 is 5.43 Å². The third-order valence-corrected chi connectivity index (χ3v) is 4.57. The lowest BCUT2D eigenvalue weighted by Crippen LogP contribution is -2.20. The van der Waals surface area contributed by atoms with Gasteiger partial charge < -0.3 is 0 Å². The van der Waals surface area contributed by atoms with E-state index in [-0.39, 0.29) is 5.91 Å². The first-order valence-electron chi connectivity index (χ1n) is 8.28. The third-order valence-electron chi connectivity index (χ3n) is 4.57. The summed E-state index contributed by atoms with van der Waals surface area (Å²) in [6, 6.07) is 16.1. The Bertz CT molecular complexity index is 971. The number of nitrogens with zero attached hydrogens (tertiary/aromatic N) is 2. The molecule has 2 N–H and O–H groups in total. The van der Waals surface area contributed by atoms with Crippen LogP contribution in [0, 0.1) is 6.92 Å². The number of aromatic amines is 1. The van der Waals surface area contributed by atoms with Crippen LogP contribution in [0.3, 0.4) is 0 Å². The normalized spacial score (nSPS) is 12.7. The number of hydrazone groups is 1. The van der Waals surface area contributed by atoms with Crippen molar-refractivity contribution in [3.05, 3.63) is 76.5 Å². The second kappa shape index (κ2) is 6.36. The quantitative estimate of drug-likeness (QED) is 0.572. The SMILES string of the molecule is Cc1ccccc1/C=N/NC(=O)c1[nH]nc2c1CCc1ccccc1-2. The van der Waals surface area contributed by atoms with E-state index in [9.17, 15) is 4.79 Å². The molecule has 0 radical (unpaired) electrons. The molecule has 2 aromatic carbocycles. The van der Waals surface area contributed by atoms with Gasteiger partial charge in [-0.3, -0.25) is 9.89 Å². The zero-order chi connectivity index (χ0) is 17.2. The molecule has 5 heteroatoms. The number of nitrogens with one attached hydrogen (secondary N) is 2. The lowest BCUT2D eigenvalue weighted by atomic mass is 9.89. The van der Waals surface area contributed by atoms with E-state index >= 15 is 0 Å². The van der Waals surface area contributed by atoms with E-state index in [0.29, 0.717) is 5.69 Å². The predicted octanol–water partition coefficient (Wildman–Crippen LogP) is 3.25. The number of hydrogen-bond acceptors (Lipinski definition) is 3. The number of rotatable bonds is 3. The molecule has 25 heavy (non-hydrogen) atoms. The van der Waals surface area contributed by atoms with Crippen molar-refractivity contribution in [3.63, 3.8) is 0 Å². The molecule has 1 amide bonds. The van der Waals surface area contributed by atoms with Gasteiger partial charge in [0.15, 0.2) is 0 Å². The highest BCUT2D eigenvalue weighted by molar-refractivity contribution is 5.96. The van der Waals surface area contributed by atoms with Gasteiger partial charge in [-0.1, -0.05) is 48.5 Å². The minimum atomic E-state index is -0.266. The highest BCUT2D eigenvalue weighted by atomic mass is 16.2. The average Bonchev–Trinajstić information content (AvgIpc) is 3.08. The Kier molecular flexibility index (Phi) is 3.90. The summed E-state index contributed by atoms with van der Waals surface area (Å²) in [5.41, 5.74) is 9.37. The lowest BCUT2D eigenvalue weighted by Gasteiger charge is -2.15. The molecule has 5 nitrogen and oxygen atoms in total. The summed E-state index contributed by atoms with van der Waals surface area (Å²) in [6.07, 6.45) is 3.37. The molecule has 1 aliphatic carbocycles. The van der Waals surface area contributed by atoms with Crippen molar-refractivity contribution in [2.45, 2.75) is 19.8 Å². The van der Waals surface area contributed by atoms with Crippen LogP contribution >= 0.6 is 0 Å². The number of aromatic nitrogens is 2. The summed E-state index contributed by atoms with van der Waals surface area (Å²) < 4.78 is 0. The number of carbonyl (C=O) groups is 1. The highest BCUT2D eigenvalue weighted by Gasteiger charge is 2.24. The van der Waals surface area contributed by atoms with Crippen LogP contribution in [-0.4, -0.2) is 22.3 Å². The Hall–Kier alpha value is -3.21. The van der Waals surface area contributed by atoms with Crippen molar-refractivity contribution >= 4 is 12.1 Å². The largest absolute Gasteiger partial charge is 0.289 e. The molecule has 0 unspecified atom stereocenters. The van der Waals surface area contributed by atoms with E-state index < -0.39 is 0 Å². The monoisotopic (exact) mass is 330 g/mol. The number of H-pyrrole nitrogens is 1. The highest BCUT2D eigenvalue weighted by Crippen LogP contribution is 2.33. The van der Waals surface area contributed by atoms with Gasteiger partial charge in [-0.25, -0.2) is 5.43 Å². The molecule has 124 valence electrons. The van der Waals surface area contributed by atoms with Gasteiger partial charge >= 0.3 is 0 Å². The summed E-state index contributed by atoms with van der Waals surface area (Å²) in [6.45, 7) is 2.01. The molecule has 0 atom stereocenters. The molecule has 3 aromatic rings. The van der Waals surface area contributed by atoms with Crippen LogP contribution in [0.15, 0.2) is 53.6 Å². The average molecular weight is 330 g/mol. The molecule has 1 heterocycles. The molecule has 0 bridgehead atoms. The van der Waals surface area contributed by atoms with E-state index in [1.807, 2.05) is 49.4 Å². The maximum Gasteiger partial charge on any atom is 0.289 e. The maximum absolute atomic E-state index is 12.5. The standard InChI is InChI=1S/C20H18N4O/c1-13-6-2-3-8-15(13)12-21-24-20(25)19-17-11-10-14-7-4-5-9-16(14)18(17)22-23-19/h2-9,12H,10-11H2,1H3,(H,22,23)(H,24,25)/b21-12+. The van der Waals surface area contributed by atoms with Gasteiger partial charge in [0.1, 0.15) is 5.69 Å². The Labute approximate surface area is 145 Å². The van der Waals surface area contributed by atoms with Gasteiger partial charge in [-0.15, -0.1) is 0 Å². The Balaban J connectivity index is 1.55. The molecule has 0 aliphatic heterocycles. The van der Waals surface area contributed by atoms with Gasteiger partial charge in [0, 0.05) is 11.1 Å². The molecule has 0 spiro atoms. The minimum Gasteiger partial charge on any atom is -0.272 e. The van der Waals surface area contributed by atoms with E-state index in [4.69, 9.17) is 0 Å². The number of hydrogen-bond donors (Lipinski definition) is 2. The summed E-state index contributed by atoms with van der Waals surface area (Å²) >= 11 is 0. The fourth-order valence-corrected chi connectivity index (χ4v) is 3.20. The number of aryl methyl sites for hydroxylation is 2. The molecule has 4 rings (SSSR count). The van der Waals surface area contributed by atoms with Gasteiger partial charge in [0.2, 0.25) is 0 Å². The number of benzene rings is 2. The van der Waals surface area contributed by atoms with E-state index in [0.717, 1.165) is 40.8 Å². The van der Waals surface area contributed by atoms with Crippen molar-refractivity contribution in [2.24, 2.45) is 5.10 Å². The number of amides is 1. The third kappa shape index (κ3) is 2.85. The first kappa shape index (κ1) is 15.3. The fourth-order valence-electron chi connectivity index (χ4n) is 3.20. The molecule has 1 aliphatic rings. The number of carbonyl (C=O) groups excluding carboxylic acids is 1. The second-order valence-corrected chi connectivity index (χ2v) is 6.14. The van der Waals surface area contributed by atoms with Crippen molar-refractivity contribution < 1.29 is 4.79 Å². The van der Waals surface area contributed by atoms with Crippen molar-refractivity contribution in [1.82, 2.24) is 15.6 Å². The summed E-state index contributed by atoms with van der Waals surface area (Å²) in [4.78, 5) is 12.5. The van der Waals surface area contributed by atoms with Crippen LogP contribution in [0.5, 0.6) is 0 Å². The first-order valence-corrected chi connectivity index (χ1v) is 8.28. The van der Waals surface area contributed by atoms with Crippen LogP contribution in [0.2, 0.25) is 0 Å². The van der Waals surface area contributed by atoms with E-state index in [2.05, 4.69) is 26.8 Å². The van der Waals surface area contributed by atoms with Crippen LogP contribution in [-0.2, 0) is 12.8 Å². The lowest BCUT2D eigenvalue weighted by molar-refractivity contribution is 0.0949. The van der Waals surface area contributed by atoms with Crippen molar-refractivity contribution in [1.29, 1.82) is 0 Å². The molecular weight excluding hydrogens is 312 g/mol. The van der Waals surface area contributed by atoms with Crippen LogP contribution in [0.4, 0.5) is 0 Å². The zero-order valence-electron chi connectivity index (χ0n) is 13.9. The molecular formula is C20H18N4O. The maximum atomic E-state index is 12.5. The first-order chi connectivity index (χ1) is 12.2. The zero-order valence-corrected chi connectivity index (χ0v) is 13.9. The predicted molar refractivity (Wildman–Crippen MR) is 97.7 cm³/mol. The topological polar surface area (TPSA) is 70.1 Å². The smallest absolute Gasteiger partial charge is 0.272 e. The number of fused-ring (bicyclic) bond motifs is 3. The van der Waals surface area contributed by atoms with Gasteiger partial charge in [-0.2, -0.15) is 10.2 Å². The fraction of sp³-hybridized carbons (Fsp3) is 0.150. The summed E-state index contributed by atoms with van der Waals surface area (Å²) in [5, 5.41) is 11.3. The van der Waals surface area contributed by atoms with E-state index in [1.165, 1.54) is 5.56 Å². The Morgan fingerprint density at radius 1 is 1.16 bits per heavy atom. The summed E-state index contributed by atoms with van der Waals surface area (Å²) in [7, 11) is 0. The minimum absolute atomic E-state index is 0.266. The Morgan fingerprint density at radius 3 is 2.84 bits per heavy atom. The van der Waals surface area contributed by atoms with Crippen LogP contribution in [0.1, 0.15) is 32.7 Å². The van der Waals surface area contributed by atoms with Crippen LogP contribution in [0.25, 0.3) is 11.3 Å². The molecule has 0 saturated heterocycles. The van der Waals surface area contributed by atoms with Gasteiger partial charge in [-0.05, 0) is 36.5 Å². The Morgan fingerprint density at radius 2 is 1.96 bits per heavy atom. The second-order valence-electron chi connectivity index (χ2n) is 6.14. The molecule has 0 saturated carbocycles. The summed E-state index contributed by atoms with van der Waals surface area (Å²) in [5.74, 6) is -0.266. The van der Waals surface area contributed by atoms with Crippen molar-refractivity contribution in [3.8, 4) is 11.3 Å². The van der Waals surface area contributed by atoms with Gasteiger partial charge in [0.05, 0.1) is 11.9 Å². The molecule has 1 aromatic heterocycles.